The maximum atomic E-state index is 12.1. The summed E-state index contributed by atoms with van der Waals surface area (Å²) in [4.78, 5) is 23.0. The Morgan fingerprint density at radius 1 is 0.909 bits per heavy atom. The molecule has 22 heavy (non-hydrogen) atoms. The highest BCUT2D eigenvalue weighted by molar-refractivity contribution is 5.94. The number of aromatic amines is 2. The number of H-pyrrole nitrogens is 2. The van der Waals surface area contributed by atoms with Crippen molar-refractivity contribution in [1.82, 2.24) is 15.5 Å². The van der Waals surface area contributed by atoms with Crippen LogP contribution in [0.25, 0.3) is 11.1 Å². The average molecular weight is 293 g/mol. The third kappa shape index (κ3) is 3.15. The Labute approximate surface area is 127 Å². The highest BCUT2D eigenvalue weighted by atomic mass is 16.1. The fourth-order valence-electron chi connectivity index (χ4n) is 2.19. The molecule has 1 heterocycles. The minimum atomic E-state index is -0.212. The van der Waals surface area contributed by atoms with Gasteiger partial charge in [-0.2, -0.15) is 0 Å². The van der Waals surface area contributed by atoms with Gasteiger partial charge in [-0.15, -0.1) is 0 Å². The zero-order valence-electron chi connectivity index (χ0n) is 11.8. The van der Waals surface area contributed by atoms with E-state index in [1.165, 1.54) is 6.07 Å². The maximum Gasteiger partial charge on any atom is 0.264 e. The molecule has 0 aliphatic heterocycles. The molecule has 1 aromatic heterocycles. The highest BCUT2D eigenvalue weighted by Crippen LogP contribution is 2.19. The van der Waals surface area contributed by atoms with E-state index in [1.54, 1.807) is 12.1 Å². The molecule has 0 saturated carbocycles. The van der Waals surface area contributed by atoms with Crippen LogP contribution in [0.4, 0.5) is 0 Å². The molecule has 1 amide bonds. The predicted octanol–water partition coefficient (Wildman–Crippen LogP) is 2.30. The van der Waals surface area contributed by atoms with E-state index in [2.05, 4.69) is 15.5 Å². The number of nitrogens with one attached hydrogen (secondary N) is 3. The molecule has 0 radical (unpaired) electrons. The minimum Gasteiger partial charge on any atom is -0.346 e. The molecule has 0 bridgehead atoms. The van der Waals surface area contributed by atoms with Crippen LogP contribution < -0.4 is 10.9 Å². The monoisotopic (exact) mass is 293 g/mol. The first-order valence-corrected chi connectivity index (χ1v) is 6.92. The van der Waals surface area contributed by atoms with Crippen molar-refractivity contribution in [3.63, 3.8) is 0 Å². The molecular weight excluding hydrogens is 278 g/mol. The number of aromatic nitrogens is 2. The number of amides is 1. The van der Waals surface area contributed by atoms with Crippen molar-refractivity contribution in [2.45, 2.75) is 6.54 Å². The lowest BCUT2D eigenvalue weighted by atomic mass is 10.0. The number of carbonyl (C=O) groups is 1. The number of rotatable bonds is 4. The van der Waals surface area contributed by atoms with Crippen molar-refractivity contribution in [3.8, 4) is 11.1 Å². The van der Waals surface area contributed by atoms with Crippen LogP contribution >= 0.6 is 0 Å². The van der Waals surface area contributed by atoms with E-state index < -0.39 is 0 Å². The highest BCUT2D eigenvalue weighted by Gasteiger charge is 2.06. The van der Waals surface area contributed by atoms with Crippen LogP contribution in [0, 0.1) is 0 Å². The van der Waals surface area contributed by atoms with Crippen LogP contribution in [-0.2, 0) is 6.54 Å². The largest absolute Gasteiger partial charge is 0.346 e. The third-order valence-electron chi connectivity index (χ3n) is 3.35. The Morgan fingerprint density at radius 2 is 1.59 bits per heavy atom. The summed E-state index contributed by atoms with van der Waals surface area (Å²) < 4.78 is 0. The summed E-state index contributed by atoms with van der Waals surface area (Å²) in [7, 11) is 0. The lowest BCUT2D eigenvalue weighted by molar-refractivity contribution is 0.0950. The number of benzene rings is 2. The zero-order chi connectivity index (χ0) is 15.4. The zero-order valence-corrected chi connectivity index (χ0v) is 11.8. The molecule has 0 aliphatic rings. The second-order valence-corrected chi connectivity index (χ2v) is 4.91. The summed E-state index contributed by atoms with van der Waals surface area (Å²) in [6.45, 7) is 0.276. The van der Waals surface area contributed by atoms with Crippen molar-refractivity contribution in [2.75, 3.05) is 0 Å². The fourth-order valence-corrected chi connectivity index (χ4v) is 2.19. The Balaban J connectivity index is 1.67. The van der Waals surface area contributed by atoms with Crippen LogP contribution in [-0.4, -0.2) is 16.1 Å². The van der Waals surface area contributed by atoms with Gasteiger partial charge in [-0.1, -0.05) is 42.5 Å². The summed E-state index contributed by atoms with van der Waals surface area (Å²) in [5, 5.41) is 7.88. The number of hydrogen-bond acceptors (Lipinski definition) is 2. The molecule has 0 atom stereocenters. The fraction of sp³-hybridized carbons (Fsp3) is 0.0588. The molecule has 5 nitrogen and oxygen atoms in total. The minimum absolute atomic E-state index is 0.179. The van der Waals surface area contributed by atoms with Gasteiger partial charge in [0, 0.05) is 11.6 Å². The Morgan fingerprint density at radius 3 is 2.23 bits per heavy atom. The van der Waals surface area contributed by atoms with Gasteiger partial charge in [-0.25, -0.2) is 0 Å². The van der Waals surface area contributed by atoms with Crippen molar-refractivity contribution in [1.29, 1.82) is 0 Å². The average Bonchev–Trinajstić information content (AvgIpc) is 2.99. The first-order valence-electron chi connectivity index (χ1n) is 6.92. The van der Waals surface area contributed by atoms with E-state index >= 15 is 0 Å². The molecule has 2 aromatic carbocycles. The maximum absolute atomic E-state index is 12.1. The van der Waals surface area contributed by atoms with Crippen molar-refractivity contribution >= 4 is 5.91 Å². The molecule has 5 heteroatoms. The normalized spacial score (nSPS) is 10.4. The molecule has 3 rings (SSSR count). The van der Waals surface area contributed by atoms with Gasteiger partial charge >= 0.3 is 0 Å². The number of carbonyl (C=O) groups excluding carboxylic acids is 1. The molecule has 0 fully saturated rings. The smallest absolute Gasteiger partial charge is 0.264 e. The van der Waals surface area contributed by atoms with Gasteiger partial charge in [0.1, 0.15) is 0 Å². The van der Waals surface area contributed by atoms with E-state index in [0.29, 0.717) is 11.3 Å². The van der Waals surface area contributed by atoms with E-state index in [4.69, 9.17) is 0 Å². The van der Waals surface area contributed by atoms with Crippen molar-refractivity contribution in [3.05, 3.63) is 82.3 Å². The molecule has 0 aliphatic carbocycles. The van der Waals surface area contributed by atoms with Gasteiger partial charge < -0.3 is 10.4 Å². The summed E-state index contributed by atoms with van der Waals surface area (Å²) in [6.07, 6.45) is 0. The van der Waals surface area contributed by atoms with Gasteiger partial charge in [0.2, 0.25) is 0 Å². The molecule has 3 aromatic rings. The first-order chi connectivity index (χ1) is 10.7. The van der Waals surface area contributed by atoms with E-state index in [9.17, 15) is 9.59 Å². The molecular formula is C17H15N3O2. The Bertz CT molecular complexity index is 817. The lowest BCUT2D eigenvalue weighted by Crippen LogP contribution is -2.22. The van der Waals surface area contributed by atoms with Crippen LogP contribution in [0.5, 0.6) is 0 Å². The van der Waals surface area contributed by atoms with Crippen LogP contribution in [0.2, 0.25) is 0 Å². The third-order valence-corrected chi connectivity index (χ3v) is 3.35. The molecule has 0 saturated heterocycles. The molecule has 110 valence electrons. The van der Waals surface area contributed by atoms with Gasteiger partial charge in [0.15, 0.2) is 0 Å². The van der Waals surface area contributed by atoms with Gasteiger partial charge in [-0.05, 0) is 23.3 Å². The van der Waals surface area contributed by atoms with Crippen molar-refractivity contribution in [2.24, 2.45) is 0 Å². The summed E-state index contributed by atoms with van der Waals surface area (Å²) >= 11 is 0. The van der Waals surface area contributed by atoms with Crippen LogP contribution in [0.15, 0.2) is 65.5 Å². The van der Waals surface area contributed by atoms with E-state index in [1.807, 2.05) is 42.5 Å². The second kappa shape index (κ2) is 6.13. The van der Waals surface area contributed by atoms with Crippen LogP contribution in [0.3, 0.4) is 0 Å². The van der Waals surface area contributed by atoms with Crippen LogP contribution in [0.1, 0.15) is 16.1 Å². The van der Waals surface area contributed by atoms with Crippen molar-refractivity contribution < 1.29 is 4.79 Å². The topological polar surface area (TPSA) is 77.8 Å². The molecule has 0 spiro atoms. The van der Waals surface area contributed by atoms with Gasteiger partial charge in [0.25, 0.3) is 11.5 Å². The van der Waals surface area contributed by atoms with Gasteiger partial charge in [0.05, 0.1) is 12.2 Å². The summed E-state index contributed by atoms with van der Waals surface area (Å²) in [6, 6.07) is 18.8. The molecule has 0 unspecified atom stereocenters. The Hall–Kier alpha value is -3.08. The first kappa shape index (κ1) is 13.9. The standard InChI is InChI=1S/C17H15N3O2/c21-16-10-15(19-20-16)11-18-17(22)14-8-6-13(7-9-14)12-4-2-1-3-5-12/h1-10H,11H2,(H,18,22)(H2,19,20,21). The molecule has 3 N–H and O–H groups in total. The van der Waals surface area contributed by atoms with E-state index in [-0.39, 0.29) is 18.0 Å². The van der Waals surface area contributed by atoms with Gasteiger partial charge in [-0.3, -0.25) is 14.7 Å². The second-order valence-electron chi connectivity index (χ2n) is 4.91. The predicted molar refractivity (Wildman–Crippen MR) is 84.5 cm³/mol. The quantitative estimate of drug-likeness (QED) is 0.690. The lowest BCUT2D eigenvalue weighted by Gasteiger charge is -2.05. The summed E-state index contributed by atoms with van der Waals surface area (Å²) in [5.41, 5.74) is 3.18. The Kier molecular flexibility index (Phi) is 3.87. The van der Waals surface area contributed by atoms with E-state index in [0.717, 1.165) is 11.1 Å². The number of hydrogen-bond donors (Lipinski definition) is 3. The SMILES string of the molecule is O=C(NCc1cc(=O)[nH][nH]1)c1ccc(-c2ccccc2)cc1. The summed E-state index contributed by atoms with van der Waals surface area (Å²) in [5.74, 6) is -0.179.